The number of likely N-dealkylation sites (tertiary alicyclic amines) is 1. The molecular formula is C44H74N2O7. The number of morpholine rings is 1. The van der Waals surface area contributed by atoms with E-state index in [0.717, 1.165) is 39.0 Å². The number of aliphatic hydroxyl groups excluding tert-OH is 1. The third kappa shape index (κ3) is 5.72. The zero-order valence-electron chi connectivity index (χ0n) is 34.9. The van der Waals surface area contributed by atoms with E-state index in [1.165, 1.54) is 58.5 Å². The number of hydrogen-bond acceptors (Lipinski definition) is 9. The monoisotopic (exact) mass is 743 g/mol. The van der Waals surface area contributed by atoms with E-state index in [1.807, 2.05) is 0 Å². The fraction of sp³-hybridized carbons (Fsp3) is 0.977. The van der Waals surface area contributed by atoms with E-state index in [0.29, 0.717) is 35.8 Å². The van der Waals surface area contributed by atoms with Gasteiger partial charge in [0.25, 0.3) is 0 Å². The first kappa shape index (κ1) is 39.0. The van der Waals surface area contributed by atoms with E-state index >= 15 is 0 Å². The van der Waals surface area contributed by atoms with Gasteiger partial charge in [0.15, 0.2) is 12.4 Å². The van der Waals surface area contributed by atoms with E-state index in [1.54, 1.807) is 13.8 Å². The summed E-state index contributed by atoms with van der Waals surface area (Å²) in [6.45, 7) is 26.7. The number of piperidine rings is 1. The smallest absolute Gasteiger partial charge is 0.303 e. The summed E-state index contributed by atoms with van der Waals surface area (Å²) in [5.74, 6) is 1.14. The van der Waals surface area contributed by atoms with Crippen molar-refractivity contribution in [2.45, 2.75) is 188 Å². The predicted octanol–water partition coefficient (Wildman–Crippen LogP) is 6.42. The molecule has 9 heteroatoms. The first-order valence-corrected chi connectivity index (χ1v) is 21.8. The molecular weight excluding hydrogens is 668 g/mol. The molecule has 3 saturated heterocycles. The van der Waals surface area contributed by atoms with Crippen LogP contribution in [0.1, 0.15) is 133 Å². The third-order valence-corrected chi connectivity index (χ3v) is 18.2. The minimum Gasteiger partial charge on any atom is -0.457 e. The average Bonchev–Trinajstić information content (AvgIpc) is 3.72. The second-order valence-corrected chi connectivity index (χ2v) is 21.5. The van der Waals surface area contributed by atoms with Crippen LogP contribution in [0.25, 0.3) is 0 Å². The lowest BCUT2D eigenvalue weighted by atomic mass is 9.41. The number of nitrogens with zero attached hydrogens (tertiary/aromatic N) is 2. The molecule has 0 amide bonds. The van der Waals surface area contributed by atoms with E-state index in [2.05, 4.69) is 58.3 Å². The maximum Gasteiger partial charge on any atom is 0.303 e. The van der Waals surface area contributed by atoms with Crippen molar-refractivity contribution in [3.63, 3.8) is 0 Å². The van der Waals surface area contributed by atoms with Gasteiger partial charge >= 0.3 is 5.97 Å². The van der Waals surface area contributed by atoms with Crippen molar-refractivity contribution in [3.8, 4) is 0 Å². The van der Waals surface area contributed by atoms with Crippen molar-refractivity contribution >= 4 is 5.97 Å². The van der Waals surface area contributed by atoms with E-state index in [9.17, 15) is 15.0 Å². The highest BCUT2D eigenvalue weighted by atomic mass is 16.7. The largest absolute Gasteiger partial charge is 0.457 e. The minimum absolute atomic E-state index is 0.0505. The molecule has 3 aliphatic heterocycles. The van der Waals surface area contributed by atoms with E-state index in [4.69, 9.17) is 18.9 Å². The van der Waals surface area contributed by atoms with Crippen LogP contribution in [0.2, 0.25) is 0 Å². The molecule has 0 bridgehead atoms. The van der Waals surface area contributed by atoms with Crippen LogP contribution in [0.5, 0.6) is 0 Å². The lowest BCUT2D eigenvalue weighted by molar-refractivity contribution is -0.251. The Balaban J connectivity index is 0.978. The quantitative estimate of drug-likeness (QED) is 0.287. The van der Waals surface area contributed by atoms with Gasteiger partial charge < -0.3 is 34.1 Å². The third-order valence-electron chi connectivity index (χ3n) is 18.2. The Morgan fingerprint density at radius 2 is 1.62 bits per heavy atom. The number of rotatable bonds is 7. The minimum atomic E-state index is -1.25. The van der Waals surface area contributed by atoms with E-state index < -0.39 is 29.9 Å². The maximum absolute atomic E-state index is 12.7. The van der Waals surface area contributed by atoms with Crippen LogP contribution in [0, 0.1) is 50.7 Å². The fourth-order valence-electron chi connectivity index (χ4n) is 15.6. The molecule has 53 heavy (non-hydrogen) atoms. The summed E-state index contributed by atoms with van der Waals surface area (Å²) in [5.41, 5.74) is -0.939. The zero-order chi connectivity index (χ0) is 38.1. The van der Waals surface area contributed by atoms with Crippen LogP contribution in [0.4, 0.5) is 0 Å². The van der Waals surface area contributed by atoms with Gasteiger partial charge in [0, 0.05) is 37.5 Å². The average molecular weight is 743 g/mol. The first-order chi connectivity index (χ1) is 24.8. The Kier molecular flexibility index (Phi) is 9.65. The molecule has 2 N–H and O–H groups in total. The standard InChI is InChI=1S/C44H74N2O7/c1-26(2)45-19-14-29(15-20-45)46-21-22-50-34(24-46)53-33-13-16-43-25-44(43)18-17-41(9)35-27(3)23-30(38(40(7,8)49)51-28(4)47)52-36(35)37(48)42(41,10)32(44)12-11-31(43)39(33,5)6/h26-27,29-38,48-49H,11-25H2,1-10H3/t27-,30-,31+,32+,33+,34+,35+,36+,37+,38+,41-,42-,43-,44+/m1/s1. The zero-order valence-corrected chi connectivity index (χ0v) is 34.9. The molecule has 0 aromatic rings. The summed E-state index contributed by atoms with van der Waals surface area (Å²) >= 11 is 0. The molecule has 2 spiro atoms. The van der Waals surface area contributed by atoms with Gasteiger partial charge in [0.05, 0.1) is 36.6 Å². The van der Waals surface area contributed by atoms with Crippen LogP contribution in [-0.4, -0.2) is 113 Å². The highest BCUT2D eigenvalue weighted by Gasteiger charge is 2.84. The Morgan fingerprint density at radius 3 is 2.28 bits per heavy atom. The Hall–Kier alpha value is -0.810. The molecule has 5 saturated carbocycles. The Labute approximate surface area is 320 Å². The van der Waals surface area contributed by atoms with Gasteiger partial charge in [-0.25, -0.2) is 0 Å². The predicted molar refractivity (Wildman–Crippen MR) is 204 cm³/mol. The van der Waals surface area contributed by atoms with Gasteiger partial charge in [-0.3, -0.25) is 9.69 Å². The number of carbonyl (C=O) groups is 1. The van der Waals surface area contributed by atoms with Crippen molar-refractivity contribution in [3.05, 3.63) is 0 Å². The summed E-state index contributed by atoms with van der Waals surface area (Å²) in [5, 5.41) is 23.7. The highest BCUT2D eigenvalue weighted by molar-refractivity contribution is 5.66. The van der Waals surface area contributed by atoms with Crippen LogP contribution in [0.3, 0.4) is 0 Å². The summed E-state index contributed by atoms with van der Waals surface area (Å²) in [6.07, 6.45) is 9.33. The van der Waals surface area contributed by atoms with Crippen molar-refractivity contribution in [1.29, 1.82) is 0 Å². The number of hydrogen-bond donors (Lipinski definition) is 2. The summed E-state index contributed by atoms with van der Waals surface area (Å²) < 4.78 is 26.0. The van der Waals surface area contributed by atoms with Crippen molar-refractivity contribution < 1.29 is 34.0 Å². The molecule has 0 aromatic heterocycles. The SMILES string of the molecule is CC(=O)O[C@@H]([C@H]1C[C@@H](C)[C@H]2[C@H](O1)[C@H](O)[C@@]1(C)[C@@H]3CC[C@H]4C(C)(C)[C@@H](O[C@H]5CN(C6CCN(C(C)C)CC6)CCO5)CC[C@@]45C[C@@]35CC[C@]21C)C(C)(C)O. The Morgan fingerprint density at radius 1 is 0.943 bits per heavy atom. The maximum atomic E-state index is 12.7. The van der Waals surface area contributed by atoms with Crippen LogP contribution >= 0.6 is 0 Å². The number of ether oxygens (including phenoxy) is 4. The van der Waals surface area contributed by atoms with Crippen LogP contribution in [0.15, 0.2) is 0 Å². The van der Waals surface area contributed by atoms with E-state index in [-0.39, 0.29) is 52.0 Å². The molecule has 14 atom stereocenters. The molecule has 9 nitrogen and oxygen atoms in total. The molecule has 0 radical (unpaired) electrons. The first-order valence-electron chi connectivity index (χ1n) is 21.8. The molecule has 8 fully saturated rings. The second-order valence-electron chi connectivity index (χ2n) is 21.5. The van der Waals surface area contributed by atoms with Gasteiger partial charge in [0.2, 0.25) is 0 Å². The molecule has 8 rings (SSSR count). The Bertz CT molecular complexity index is 1390. The number of carbonyl (C=O) groups excluding carboxylic acids is 1. The fourth-order valence-corrected chi connectivity index (χ4v) is 15.6. The van der Waals surface area contributed by atoms with Gasteiger partial charge in [-0.1, -0.05) is 34.6 Å². The lowest BCUT2D eigenvalue weighted by Gasteiger charge is -2.64. The van der Waals surface area contributed by atoms with Crippen molar-refractivity contribution in [1.82, 2.24) is 9.80 Å². The summed E-state index contributed by atoms with van der Waals surface area (Å²) in [4.78, 5) is 17.4. The molecule has 0 aromatic carbocycles. The highest BCUT2D eigenvalue weighted by Crippen LogP contribution is 2.89. The molecule has 8 aliphatic rings. The van der Waals surface area contributed by atoms with Crippen molar-refractivity contribution in [2.24, 2.45) is 50.7 Å². The number of fused-ring (bicyclic) bond motifs is 4. The molecule has 5 aliphatic carbocycles. The summed E-state index contributed by atoms with van der Waals surface area (Å²) in [7, 11) is 0. The van der Waals surface area contributed by atoms with Gasteiger partial charge in [-0.2, -0.15) is 0 Å². The normalized spacial score (nSPS) is 49.3. The lowest BCUT2D eigenvalue weighted by Crippen LogP contribution is -2.60. The number of esters is 1. The second kappa shape index (κ2) is 13.1. The van der Waals surface area contributed by atoms with Gasteiger partial charge in [0.1, 0.15) is 0 Å². The van der Waals surface area contributed by atoms with Crippen molar-refractivity contribution in [2.75, 3.05) is 32.8 Å². The number of aliphatic hydroxyl groups is 2. The van der Waals surface area contributed by atoms with Gasteiger partial charge in [-0.05, 0) is 150 Å². The van der Waals surface area contributed by atoms with Crippen LogP contribution in [-0.2, 0) is 23.7 Å². The molecule has 0 unspecified atom stereocenters. The summed E-state index contributed by atoms with van der Waals surface area (Å²) in [6, 6.07) is 1.26. The topological polar surface area (TPSA) is 101 Å². The molecule has 3 heterocycles. The molecule has 302 valence electrons. The van der Waals surface area contributed by atoms with Crippen LogP contribution < -0.4 is 0 Å². The van der Waals surface area contributed by atoms with Gasteiger partial charge in [-0.15, -0.1) is 0 Å².